The van der Waals surface area contributed by atoms with E-state index in [-0.39, 0.29) is 12.3 Å². The van der Waals surface area contributed by atoms with E-state index in [4.69, 9.17) is 5.21 Å². The molecule has 0 aromatic heterocycles. The van der Waals surface area contributed by atoms with Gasteiger partial charge in [-0.05, 0) is 23.3 Å². The smallest absolute Gasteiger partial charge is 0.251 e. The average Bonchev–Trinajstić information content (AvgIpc) is 2.54. The second kappa shape index (κ2) is 7.21. The van der Waals surface area contributed by atoms with Crippen LogP contribution < -0.4 is 10.8 Å². The molecule has 2 aromatic carbocycles. The summed E-state index contributed by atoms with van der Waals surface area (Å²) in [6.45, 7) is 0.417. The van der Waals surface area contributed by atoms with Gasteiger partial charge < -0.3 is 5.32 Å². The van der Waals surface area contributed by atoms with Crippen molar-refractivity contribution in [2.45, 2.75) is 13.0 Å². The molecule has 0 aliphatic heterocycles. The van der Waals surface area contributed by atoms with E-state index in [0.29, 0.717) is 12.1 Å². The van der Waals surface area contributed by atoms with E-state index in [9.17, 15) is 9.59 Å². The first-order valence-corrected chi connectivity index (χ1v) is 6.53. The number of hydrogen-bond donors (Lipinski definition) is 3. The highest BCUT2D eigenvalue weighted by Gasteiger charge is 2.05. The molecule has 0 aliphatic rings. The minimum Gasteiger partial charge on any atom is -0.348 e. The van der Waals surface area contributed by atoms with Crippen LogP contribution >= 0.6 is 0 Å². The van der Waals surface area contributed by atoms with Crippen molar-refractivity contribution >= 4 is 11.8 Å². The zero-order valence-electron chi connectivity index (χ0n) is 11.4. The molecule has 21 heavy (non-hydrogen) atoms. The summed E-state index contributed by atoms with van der Waals surface area (Å²) in [5.41, 5.74) is 3.94. The van der Waals surface area contributed by atoms with E-state index in [1.54, 1.807) is 29.7 Å². The Morgan fingerprint density at radius 1 is 0.905 bits per heavy atom. The molecule has 0 fully saturated rings. The number of benzene rings is 2. The van der Waals surface area contributed by atoms with Gasteiger partial charge in [0.1, 0.15) is 0 Å². The molecule has 0 atom stereocenters. The molecule has 0 aliphatic carbocycles. The lowest BCUT2D eigenvalue weighted by Crippen LogP contribution is -2.22. The van der Waals surface area contributed by atoms with Gasteiger partial charge in [0.15, 0.2) is 0 Å². The van der Waals surface area contributed by atoms with Crippen LogP contribution in [0.1, 0.15) is 21.5 Å². The highest BCUT2D eigenvalue weighted by Crippen LogP contribution is 2.06. The van der Waals surface area contributed by atoms with Crippen LogP contribution in [0.2, 0.25) is 0 Å². The molecule has 0 unspecified atom stereocenters. The molecular weight excluding hydrogens is 268 g/mol. The monoisotopic (exact) mass is 284 g/mol. The van der Waals surface area contributed by atoms with Crippen molar-refractivity contribution in [1.82, 2.24) is 10.8 Å². The maximum Gasteiger partial charge on any atom is 0.251 e. The molecule has 2 rings (SSSR count). The summed E-state index contributed by atoms with van der Waals surface area (Å²) in [6, 6.07) is 16.3. The summed E-state index contributed by atoms with van der Waals surface area (Å²) in [6.07, 6.45) is 0.118. The van der Waals surface area contributed by atoms with Crippen molar-refractivity contribution < 1.29 is 14.8 Å². The third-order valence-electron chi connectivity index (χ3n) is 3.00. The molecule has 0 saturated carbocycles. The van der Waals surface area contributed by atoms with Crippen LogP contribution in [-0.2, 0) is 17.8 Å². The highest BCUT2D eigenvalue weighted by atomic mass is 16.5. The summed E-state index contributed by atoms with van der Waals surface area (Å²) in [5, 5.41) is 11.3. The Bertz CT molecular complexity index is 609. The van der Waals surface area contributed by atoms with E-state index in [1.807, 2.05) is 30.3 Å². The van der Waals surface area contributed by atoms with Gasteiger partial charge in [-0.3, -0.25) is 14.8 Å². The van der Waals surface area contributed by atoms with Crippen LogP contribution in [0, 0.1) is 0 Å². The zero-order valence-corrected chi connectivity index (χ0v) is 11.4. The van der Waals surface area contributed by atoms with E-state index in [2.05, 4.69) is 5.32 Å². The molecular formula is C16H16N2O3. The van der Waals surface area contributed by atoms with Gasteiger partial charge in [-0.15, -0.1) is 0 Å². The largest absolute Gasteiger partial charge is 0.348 e. The van der Waals surface area contributed by atoms with E-state index < -0.39 is 5.91 Å². The van der Waals surface area contributed by atoms with E-state index in [1.165, 1.54) is 0 Å². The molecule has 5 heteroatoms. The first kappa shape index (κ1) is 14.7. The Kier molecular flexibility index (Phi) is 5.06. The fourth-order valence-corrected chi connectivity index (χ4v) is 1.87. The number of hydrogen-bond acceptors (Lipinski definition) is 3. The van der Waals surface area contributed by atoms with Gasteiger partial charge in [0, 0.05) is 12.1 Å². The molecule has 0 radical (unpaired) electrons. The van der Waals surface area contributed by atoms with Gasteiger partial charge in [-0.1, -0.05) is 42.5 Å². The van der Waals surface area contributed by atoms with Crippen molar-refractivity contribution in [2.24, 2.45) is 0 Å². The Morgan fingerprint density at radius 2 is 1.52 bits per heavy atom. The summed E-state index contributed by atoms with van der Waals surface area (Å²) in [4.78, 5) is 22.9. The molecule has 2 aromatic rings. The first-order valence-electron chi connectivity index (χ1n) is 6.53. The predicted molar refractivity (Wildman–Crippen MR) is 77.7 cm³/mol. The molecule has 3 N–H and O–H groups in total. The van der Waals surface area contributed by atoms with Gasteiger partial charge in [-0.2, -0.15) is 0 Å². The lowest BCUT2D eigenvalue weighted by atomic mass is 10.1. The minimum absolute atomic E-state index is 0.118. The Balaban J connectivity index is 1.89. The number of nitrogens with one attached hydrogen (secondary N) is 2. The van der Waals surface area contributed by atoms with Crippen LogP contribution in [0.3, 0.4) is 0 Å². The topological polar surface area (TPSA) is 78.4 Å². The summed E-state index contributed by atoms with van der Waals surface area (Å²) in [7, 11) is 0. The van der Waals surface area contributed by atoms with E-state index in [0.717, 1.165) is 11.1 Å². The maximum atomic E-state index is 11.9. The van der Waals surface area contributed by atoms with Gasteiger partial charge in [0.05, 0.1) is 6.42 Å². The van der Waals surface area contributed by atoms with Crippen LogP contribution in [0.5, 0.6) is 0 Å². The first-order chi connectivity index (χ1) is 10.2. The average molecular weight is 284 g/mol. The van der Waals surface area contributed by atoms with Crippen molar-refractivity contribution in [3.8, 4) is 0 Å². The molecule has 108 valence electrons. The van der Waals surface area contributed by atoms with Crippen molar-refractivity contribution in [3.05, 3.63) is 71.3 Å². The fraction of sp³-hybridized carbons (Fsp3) is 0.125. The standard InChI is InChI=1S/C16H16N2O3/c19-15(18-21)10-12-6-8-13(9-7-12)11-17-16(20)14-4-2-1-3-5-14/h1-9,21H,10-11H2,(H,17,20)(H,18,19). The fourth-order valence-electron chi connectivity index (χ4n) is 1.87. The lowest BCUT2D eigenvalue weighted by molar-refractivity contribution is -0.128. The summed E-state index contributed by atoms with van der Waals surface area (Å²) >= 11 is 0. The molecule has 0 spiro atoms. The SMILES string of the molecule is O=C(Cc1ccc(CNC(=O)c2ccccc2)cc1)NO. The predicted octanol–water partition coefficient (Wildman–Crippen LogP) is 1.66. The second-order valence-corrected chi connectivity index (χ2v) is 4.58. The van der Waals surface area contributed by atoms with Crippen molar-refractivity contribution in [2.75, 3.05) is 0 Å². The molecule has 5 nitrogen and oxygen atoms in total. The second-order valence-electron chi connectivity index (χ2n) is 4.58. The Hall–Kier alpha value is -2.66. The van der Waals surface area contributed by atoms with Crippen LogP contribution in [-0.4, -0.2) is 17.0 Å². The van der Waals surface area contributed by atoms with Gasteiger partial charge in [-0.25, -0.2) is 5.48 Å². The third-order valence-corrected chi connectivity index (χ3v) is 3.00. The highest BCUT2D eigenvalue weighted by molar-refractivity contribution is 5.94. The third kappa shape index (κ3) is 4.43. The Labute approximate surface area is 122 Å². The normalized spacial score (nSPS) is 9.95. The van der Waals surface area contributed by atoms with Crippen LogP contribution in [0.4, 0.5) is 0 Å². The Morgan fingerprint density at radius 3 is 2.14 bits per heavy atom. The van der Waals surface area contributed by atoms with Crippen molar-refractivity contribution in [1.29, 1.82) is 0 Å². The number of carbonyl (C=O) groups excluding carboxylic acids is 2. The van der Waals surface area contributed by atoms with Crippen LogP contribution in [0.15, 0.2) is 54.6 Å². The van der Waals surface area contributed by atoms with Gasteiger partial charge in [0.2, 0.25) is 5.91 Å². The molecule has 2 amide bonds. The molecule has 0 heterocycles. The summed E-state index contributed by atoms with van der Waals surface area (Å²) in [5.74, 6) is -0.584. The maximum absolute atomic E-state index is 11.9. The lowest BCUT2D eigenvalue weighted by Gasteiger charge is -2.06. The number of hydroxylamine groups is 1. The molecule has 0 saturated heterocycles. The van der Waals surface area contributed by atoms with Gasteiger partial charge >= 0.3 is 0 Å². The quantitative estimate of drug-likeness (QED) is 0.577. The summed E-state index contributed by atoms with van der Waals surface area (Å²) < 4.78 is 0. The molecule has 0 bridgehead atoms. The zero-order chi connectivity index (χ0) is 15.1. The van der Waals surface area contributed by atoms with Gasteiger partial charge in [0.25, 0.3) is 5.91 Å². The number of amides is 2. The number of rotatable bonds is 5. The van der Waals surface area contributed by atoms with Crippen LogP contribution in [0.25, 0.3) is 0 Å². The van der Waals surface area contributed by atoms with Crippen molar-refractivity contribution in [3.63, 3.8) is 0 Å². The number of carbonyl (C=O) groups is 2. The van der Waals surface area contributed by atoms with E-state index >= 15 is 0 Å². The minimum atomic E-state index is -0.458.